The zero-order valence-corrected chi connectivity index (χ0v) is 12.7. The van der Waals surface area contributed by atoms with Crippen LogP contribution in [0.1, 0.15) is 37.7 Å². The average Bonchev–Trinajstić information content (AvgIpc) is 2.59. The van der Waals surface area contributed by atoms with Crippen LogP contribution in [-0.4, -0.2) is 38.4 Å². The lowest BCUT2D eigenvalue weighted by atomic mass is 9.97. The number of carbonyl (C=O) groups excluding carboxylic acids is 1. The molecule has 9 heteroatoms. The van der Waals surface area contributed by atoms with Crippen LogP contribution < -0.4 is 0 Å². The number of carboxylic acid groups (broad SMARTS) is 1. The van der Waals surface area contributed by atoms with Gasteiger partial charge in [-0.15, -0.1) is 0 Å². The fraction of sp³-hybridized carbons (Fsp3) is 0.250. The molecule has 6 nitrogen and oxygen atoms in total. The predicted octanol–water partition coefficient (Wildman–Crippen LogP) is 2.39. The predicted molar refractivity (Wildman–Crippen MR) is 78.9 cm³/mol. The first-order valence-electron chi connectivity index (χ1n) is 7.29. The largest absolute Gasteiger partial charge is 0.478 e. The Labute approximate surface area is 139 Å². The van der Waals surface area contributed by atoms with E-state index in [1.54, 1.807) is 6.07 Å². The van der Waals surface area contributed by atoms with Gasteiger partial charge in [-0.05, 0) is 29.7 Å². The van der Waals surface area contributed by atoms with E-state index < -0.39 is 23.9 Å². The lowest BCUT2D eigenvalue weighted by molar-refractivity contribution is -0.145. The van der Waals surface area contributed by atoms with Crippen LogP contribution in [0.4, 0.5) is 13.2 Å². The summed E-state index contributed by atoms with van der Waals surface area (Å²) in [6.07, 6.45) is -2.44. The minimum absolute atomic E-state index is 0.0501. The second kappa shape index (κ2) is 6.15. The van der Waals surface area contributed by atoms with Crippen LogP contribution in [0.15, 0.2) is 30.6 Å². The van der Waals surface area contributed by atoms with E-state index in [2.05, 4.69) is 9.97 Å². The summed E-state index contributed by atoms with van der Waals surface area (Å²) in [6, 6.07) is 4.71. The molecule has 0 bridgehead atoms. The van der Waals surface area contributed by atoms with Crippen molar-refractivity contribution in [1.82, 2.24) is 14.9 Å². The molecule has 25 heavy (non-hydrogen) atoms. The number of rotatable bonds is 2. The molecule has 0 unspecified atom stereocenters. The highest BCUT2D eigenvalue weighted by Crippen LogP contribution is 2.26. The molecular formula is C16H12F3N3O3. The molecule has 2 heterocycles. The van der Waals surface area contributed by atoms with Crippen molar-refractivity contribution in [1.29, 1.82) is 0 Å². The zero-order chi connectivity index (χ0) is 18.2. The number of aromatic carboxylic acids is 1. The fourth-order valence-corrected chi connectivity index (χ4v) is 2.63. The summed E-state index contributed by atoms with van der Waals surface area (Å²) in [7, 11) is 0. The van der Waals surface area contributed by atoms with Crippen molar-refractivity contribution in [2.24, 2.45) is 0 Å². The summed E-state index contributed by atoms with van der Waals surface area (Å²) in [6.45, 7) is 0.551. The van der Waals surface area contributed by atoms with Gasteiger partial charge >= 0.3 is 12.1 Å². The molecule has 3 rings (SSSR count). The molecular weight excluding hydrogens is 339 g/mol. The summed E-state index contributed by atoms with van der Waals surface area (Å²) in [4.78, 5) is 31.3. The van der Waals surface area contributed by atoms with Gasteiger partial charge in [-0.25, -0.2) is 14.8 Å². The third kappa shape index (κ3) is 3.44. The average molecular weight is 351 g/mol. The van der Waals surface area contributed by atoms with E-state index >= 15 is 0 Å². The quantitative estimate of drug-likeness (QED) is 0.898. The lowest BCUT2D eigenvalue weighted by Crippen LogP contribution is -2.36. The highest BCUT2D eigenvalue weighted by atomic mass is 19.4. The van der Waals surface area contributed by atoms with Crippen LogP contribution in [0.2, 0.25) is 0 Å². The van der Waals surface area contributed by atoms with Gasteiger partial charge in [0, 0.05) is 25.5 Å². The number of aromatic nitrogens is 2. The number of amides is 1. The van der Waals surface area contributed by atoms with E-state index in [4.69, 9.17) is 5.11 Å². The second-order valence-corrected chi connectivity index (χ2v) is 5.56. The van der Waals surface area contributed by atoms with Gasteiger partial charge in [-0.1, -0.05) is 6.07 Å². The second-order valence-electron chi connectivity index (χ2n) is 5.56. The number of alkyl halides is 3. The van der Waals surface area contributed by atoms with Gasteiger partial charge in [0.2, 0.25) is 5.82 Å². The van der Waals surface area contributed by atoms with Gasteiger partial charge in [-0.2, -0.15) is 13.2 Å². The molecule has 0 radical (unpaired) electrons. The van der Waals surface area contributed by atoms with Crippen molar-refractivity contribution < 1.29 is 27.9 Å². The van der Waals surface area contributed by atoms with Crippen molar-refractivity contribution in [3.8, 4) is 0 Å². The van der Waals surface area contributed by atoms with Crippen molar-refractivity contribution in [3.05, 3.63) is 58.7 Å². The molecule has 1 N–H and O–H groups in total. The number of nitrogens with zero attached hydrogens (tertiary/aromatic N) is 3. The molecule has 1 aliphatic heterocycles. The first-order valence-corrected chi connectivity index (χ1v) is 7.29. The molecule has 0 fully saturated rings. The van der Waals surface area contributed by atoms with E-state index in [-0.39, 0.29) is 17.7 Å². The van der Waals surface area contributed by atoms with Crippen LogP contribution in [0.5, 0.6) is 0 Å². The number of carbonyl (C=O) groups is 2. The van der Waals surface area contributed by atoms with Crippen LogP contribution in [0.3, 0.4) is 0 Å². The Morgan fingerprint density at radius 3 is 2.36 bits per heavy atom. The van der Waals surface area contributed by atoms with Crippen LogP contribution in [0.25, 0.3) is 0 Å². The van der Waals surface area contributed by atoms with Gasteiger partial charge in [0.15, 0.2) is 0 Å². The molecule has 1 aromatic heterocycles. The number of hydrogen-bond donors (Lipinski definition) is 1. The highest BCUT2D eigenvalue weighted by Gasteiger charge is 2.34. The van der Waals surface area contributed by atoms with E-state index in [1.807, 2.05) is 0 Å². The summed E-state index contributed by atoms with van der Waals surface area (Å²) in [5.74, 6) is -2.87. The third-order valence-corrected chi connectivity index (χ3v) is 3.91. The Kier molecular flexibility index (Phi) is 4.15. The monoisotopic (exact) mass is 351 g/mol. The minimum atomic E-state index is -4.67. The SMILES string of the molecule is O=C(O)c1ccc2c(c1)CN(C(=O)c1cnc(C(F)(F)F)nc1)CC2. The molecule has 0 saturated carbocycles. The number of benzene rings is 1. The van der Waals surface area contributed by atoms with Crippen molar-refractivity contribution in [2.75, 3.05) is 6.54 Å². The summed E-state index contributed by atoms with van der Waals surface area (Å²) in [5, 5.41) is 9.04. The number of fused-ring (bicyclic) bond motifs is 1. The number of carboxylic acids is 1. The van der Waals surface area contributed by atoms with E-state index in [0.717, 1.165) is 18.0 Å². The molecule has 130 valence electrons. The number of hydrogen-bond acceptors (Lipinski definition) is 4. The first-order chi connectivity index (χ1) is 11.8. The highest BCUT2D eigenvalue weighted by molar-refractivity contribution is 5.94. The molecule has 1 aromatic carbocycles. The van der Waals surface area contributed by atoms with Gasteiger partial charge in [-0.3, -0.25) is 4.79 Å². The molecule has 0 aliphatic carbocycles. The Bertz CT molecular complexity index is 835. The smallest absolute Gasteiger partial charge is 0.451 e. The van der Waals surface area contributed by atoms with Crippen LogP contribution >= 0.6 is 0 Å². The molecule has 0 spiro atoms. The summed E-state index contributed by atoms with van der Waals surface area (Å²) < 4.78 is 37.4. The minimum Gasteiger partial charge on any atom is -0.478 e. The molecule has 2 aromatic rings. The molecule has 1 amide bonds. The van der Waals surface area contributed by atoms with E-state index in [9.17, 15) is 22.8 Å². The van der Waals surface area contributed by atoms with Crippen molar-refractivity contribution in [3.63, 3.8) is 0 Å². The lowest BCUT2D eigenvalue weighted by Gasteiger charge is -2.29. The van der Waals surface area contributed by atoms with Crippen molar-refractivity contribution in [2.45, 2.75) is 19.1 Å². The maximum absolute atomic E-state index is 12.5. The first kappa shape index (κ1) is 16.9. The van der Waals surface area contributed by atoms with Crippen LogP contribution in [-0.2, 0) is 19.1 Å². The zero-order valence-electron chi connectivity index (χ0n) is 12.7. The van der Waals surface area contributed by atoms with E-state index in [0.29, 0.717) is 18.5 Å². The Morgan fingerprint density at radius 1 is 1.08 bits per heavy atom. The molecule has 0 atom stereocenters. The van der Waals surface area contributed by atoms with Crippen LogP contribution in [0, 0.1) is 0 Å². The fourth-order valence-electron chi connectivity index (χ4n) is 2.63. The molecule has 0 saturated heterocycles. The van der Waals surface area contributed by atoms with Gasteiger partial charge < -0.3 is 10.0 Å². The van der Waals surface area contributed by atoms with Crippen molar-refractivity contribution >= 4 is 11.9 Å². The Balaban J connectivity index is 1.80. The normalized spacial score (nSPS) is 14.1. The maximum atomic E-state index is 12.5. The topological polar surface area (TPSA) is 83.4 Å². The third-order valence-electron chi connectivity index (χ3n) is 3.91. The summed E-state index contributed by atoms with van der Waals surface area (Å²) >= 11 is 0. The number of halogens is 3. The maximum Gasteiger partial charge on any atom is 0.451 e. The van der Waals surface area contributed by atoms with Gasteiger partial charge in [0.05, 0.1) is 11.1 Å². The Hall–Kier alpha value is -2.97. The Morgan fingerprint density at radius 2 is 1.76 bits per heavy atom. The van der Waals surface area contributed by atoms with Gasteiger partial charge in [0.25, 0.3) is 5.91 Å². The van der Waals surface area contributed by atoms with E-state index in [1.165, 1.54) is 17.0 Å². The molecule has 1 aliphatic rings. The summed E-state index contributed by atoms with van der Waals surface area (Å²) in [5.41, 5.74) is 1.71. The van der Waals surface area contributed by atoms with Gasteiger partial charge in [0.1, 0.15) is 0 Å². The standard InChI is InChI=1S/C16H12F3N3O3/c17-16(18,19)15-20-6-12(7-21-15)13(23)22-4-3-9-1-2-10(14(24)25)5-11(9)8-22/h1-2,5-7H,3-4,8H2,(H,24,25).